The lowest BCUT2D eigenvalue weighted by molar-refractivity contribution is -0.135. The minimum atomic E-state index is -0.206. The Bertz CT molecular complexity index is 648. The highest BCUT2D eigenvalue weighted by Crippen LogP contribution is 2.46. The van der Waals surface area contributed by atoms with Crippen molar-refractivity contribution in [2.45, 2.75) is 12.3 Å². The number of thiophene rings is 1. The summed E-state index contributed by atoms with van der Waals surface area (Å²) in [7, 11) is 0. The Balaban J connectivity index is 1.87. The summed E-state index contributed by atoms with van der Waals surface area (Å²) in [5.74, 6) is 1.77. The molecule has 0 saturated heterocycles. The molecule has 2 aliphatic heterocycles. The van der Waals surface area contributed by atoms with E-state index in [-0.39, 0.29) is 18.7 Å². The quantitative estimate of drug-likeness (QED) is 0.592. The molecule has 0 N–H and O–H groups in total. The van der Waals surface area contributed by atoms with E-state index in [1.807, 2.05) is 17.5 Å². The van der Waals surface area contributed by atoms with Crippen LogP contribution in [0.4, 0.5) is 0 Å². The molecule has 4 rings (SSSR count). The van der Waals surface area contributed by atoms with E-state index in [1.165, 1.54) is 0 Å². The third kappa shape index (κ3) is 1.69. The van der Waals surface area contributed by atoms with Crippen LogP contribution < -0.4 is 14.2 Å². The zero-order valence-corrected chi connectivity index (χ0v) is 10.7. The van der Waals surface area contributed by atoms with E-state index in [0.29, 0.717) is 17.9 Å². The number of esters is 1. The fourth-order valence-electron chi connectivity index (χ4n) is 2.51. The second-order valence-electron chi connectivity index (χ2n) is 4.53. The molecule has 0 saturated carbocycles. The monoisotopic (exact) mass is 274 g/mol. The predicted octanol–water partition coefficient (Wildman–Crippen LogP) is 2.92. The van der Waals surface area contributed by atoms with Crippen LogP contribution in [0, 0.1) is 0 Å². The third-order valence-corrected chi connectivity index (χ3v) is 4.12. The van der Waals surface area contributed by atoms with Crippen LogP contribution in [-0.2, 0) is 4.79 Å². The number of hydrogen-bond acceptors (Lipinski definition) is 5. The van der Waals surface area contributed by atoms with Crippen LogP contribution in [0.3, 0.4) is 0 Å². The number of benzene rings is 1. The Hall–Kier alpha value is -2.01. The topological polar surface area (TPSA) is 44.8 Å². The lowest BCUT2D eigenvalue weighted by Gasteiger charge is -2.24. The third-order valence-electron chi connectivity index (χ3n) is 3.42. The van der Waals surface area contributed by atoms with Crippen LogP contribution in [0.1, 0.15) is 23.5 Å². The SMILES string of the molecule is O=C1C[C@@H](c2ccsc2)c2cc3c(cc2O1)OCO3. The first kappa shape index (κ1) is 10.9. The number of carbonyl (C=O) groups is 1. The molecule has 1 atom stereocenters. The zero-order valence-electron chi connectivity index (χ0n) is 9.92. The van der Waals surface area contributed by atoms with Gasteiger partial charge in [-0.3, -0.25) is 4.79 Å². The molecule has 2 aromatic rings. The van der Waals surface area contributed by atoms with Crippen molar-refractivity contribution in [3.63, 3.8) is 0 Å². The normalized spacial score (nSPS) is 20.0. The molecular formula is C14H10O4S. The number of ether oxygens (including phenoxy) is 3. The van der Waals surface area contributed by atoms with Gasteiger partial charge < -0.3 is 14.2 Å². The standard InChI is InChI=1S/C14H10O4S/c15-14-4-9(8-1-2-19-6-8)10-3-12-13(17-7-16-12)5-11(10)18-14/h1-3,5-6,9H,4,7H2/t9-/m0/s1. The van der Waals surface area contributed by atoms with Crippen molar-refractivity contribution in [3.05, 3.63) is 40.1 Å². The Kier molecular flexibility index (Phi) is 2.29. The van der Waals surface area contributed by atoms with Gasteiger partial charge in [-0.15, -0.1) is 0 Å². The largest absolute Gasteiger partial charge is 0.454 e. The number of fused-ring (bicyclic) bond motifs is 2. The average molecular weight is 274 g/mol. The van der Waals surface area contributed by atoms with Gasteiger partial charge in [0.25, 0.3) is 0 Å². The van der Waals surface area contributed by atoms with Crippen molar-refractivity contribution in [2.24, 2.45) is 0 Å². The smallest absolute Gasteiger partial charge is 0.312 e. The van der Waals surface area contributed by atoms with Crippen molar-refractivity contribution >= 4 is 17.3 Å². The van der Waals surface area contributed by atoms with Gasteiger partial charge >= 0.3 is 5.97 Å². The van der Waals surface area contributed by atoms with Crippen LogP contribution in [0.5, 0.6) is 17.2 Å². The van der Waals surface area contributed by atoms with Crippen molar-refractivity contribution < 1.29 is 19.0 Å². The van der Waals surface area contributed by atoms with Crippen molar-refractivity contribution in [1.29, 1.82) is 0 Å². The van der Waals surface area contributed by atoms with Crippen LogP contribution in [-0.4, -0.2) is 12.8 Å². The minimum Gasteiger partial charge on any atom is -0.454 e. The van der Waals surface area contributed by atoms with Crippen molar-refractivity contribution in [1.82, 2.24) is 0 Å². The predicted molar refractivity (Wildman–Crippen MR) is 69.0 cm³/mol. The average Bonchev–Trinajstić information content (AvgIpc) is 3.06. The minimum absolute atomic E-state index is 0.0389. The fraction of sp³-hybridized carbons (Fsp3) is 0.214. The first-order valence-electron chi connectivity index (χ1n) is 5.97. The lowest BCUT2D eigenvalue weighted by Crippen LogP contribution is -2.20. The van der Waals surface area contributed by atoms with E-state index in [0.717, 1.165) is 16.9 Å². The van der Waals surface area contributed by atoms with Crippen LogP contribution in [0.2, 0.25) is 0 Å². The Labute approximate surface area is 113 Å². The van der Waals surface area contributed by atoms with Gasteiger partial charge in [0.15, 0.2) is 11.5 Å². The molecule has 4 nitrogen and oxygen atoms in total. The van der Waals surface area contributed by atoms with Crippen LogP contribution >= 0.6 is 11.3 Å². The molecule has 1 aromatic heterocycles. The molecule has 0 bridgehead atoms. The summed E-state index contributed by atoms with van der Waals surface area (Å²) in [5.41, 5.74) is 2.13. The molecule has 0 amide bonds. The van der Waals surface area contributed by atoms with Crippen molar-refractivity contribution in [2.75, 3.05) is 6.79 Å². The van der Waals surface area contributed by atoms with Gasteiger partial charge in [-0.1, -0.05) is 0 Å². The van der Waals surface area contributed by atoms with E-state index >= 15 is 0 Å². The number of rotatable bonds is 1. The van der Waals surface area contributed by atoms with Crippen LogP contribution in [0.25, 0.3) is 0 Å². The highest BCUT2D eigenvalue weighted by atomic mass is 32.1. The second kappa shape index (κ2) is 3.99. The van der Waals surface area contributed by atoms with Gasteiger partial charge in [0.05, 0.1) is 6.42 Å². The van der Waals surface area contributed by atoms with Crippen molar-refractivity contribution in [3.8, 4) is 17.2 Å². The molecule has 0 fully saturated rings. The molecule has 0 spiro atoms. The van der Waals surface area contributed by atoms with E-state index in [2.05, 4.69) is 5.38 Å². The molecule has 0 aliphatic carbocycles. The summed E-state index contributed by atoms with van der Waals surface area (Å²) in [4.78, 5) is 11.7. The Morgan fingerprint density at radius 3 is 2.79 bits per heavy atom. The van der Waals surface area contributed by atoms with Gasteiger partial charge in [0, 0.05) is 17.5 Å². The second-order valence-corrected chi connectivity index (χ2v) is 5.31. The maximum Gasteiger partial charge on any atom is 0.312 e. The van der Waals surface area contributed by atoms with E-state index in [9.17, 15) is 4.79 Å². The van der Waals surface area contributed by atoms with Gasteiger partial charge in [0.2, 0.25) is 6.79 Å². The summed E-state index contributed by atoms with van der Waals surface area (Å²) in [6, 6.07) is 5.71. The first-order valence-corrected chi connectivity index (χ1v) is 6.92. The van der Waals surface area contributed by atoms with E-state index in [4.69, 9.17) is 14.2 Å². The molecule has 5 heteroatoms. The highest BCUT2D eigenvalue weighted by Gasteiger charge is 2.31. The number of hydrogen-bond donors (Lipinski definition) is 0. The van der Waals surface area contributed by atoms with Gasteiger partial charge in [-0.2, -0.15) is 11.3 Å². The molecule has 96 valence electrons. The zero-order chi connectivity index (χ0) is 12.8. The molecular weight excluding hydrogens is 264 g/mol. The Morgan fingerprint density at radius 2 is 2.00 bits per heavy atom. The number of carbonyl (C=O) groups excluding carboxylic acids is 1. The van der Waals surface area contributed by atoms with Crippen LogP contribution in [0.15, 0.2) is 29.0 Å². The summed E-state index contributed by atoms with van der Waals surface area (Å²) in [6.45, 7) is 0.218. The maximum absolute atomic E-state index is 11.7. The fourth-order valence-corrected chi connectivity index (χ4v) is 3.23. The summed E-state index contributed by atoms with van der Waals surface area (Å²) < 4.78 is 16.0. The summed E-state index contributed by atoms with van der Waals surface area (Å²) >= 11 is 1.63. The summed E-state index contributed by atoms with van der Waals surface area (Å²) in [5, 5.41) is 4.08. The molecule has 1 aromatic carbocycles. The van der Waals surface area contributed by atoms with E-state index < -0.39 is 0 Å². The molecule has 0 unspecified atom stereocenters. The lowest BCUT2D eigenvalue weighted by atomic mass is 9.88. The van der Waals surface area contributed by atoms with E-state index in [1.54, 1.807) is 17.4 Å². The molecule has 2 aliphatic rings. The van der Waals surface area contributed by atoms with Gasteiger partial charge in [-0.25, -0.2) is 0 Å². The van der Waals surface area contributed by atoms with Gasteiger partial charge in [0.1, 0.15) is 5.75 Å². The molecule has 0 radical (unpaired) electrons. The molecule has 19 heavy (non-hydrogen) atoms. The highest BCUT2D eigenvalue weighted by molar-refractivity contribution is 7.08. The van der Waals surface area contributed by atoms with Gasteiger partial charge in [-0.05, 0) is 28.5 Å². The maximum atomic E-state index is 11.7. The first-order chi connectivity index (χ1) is 9.31. The molecule has 3 heterocycles. The summed E-state index contributed by atoms with van der Waals surface area (Å²) in [6.07, 6.45) is 0.364. The Morgan fingerprint density at radius 1 is 1.16 bits per heavy atom.